The Morgan fingerprint density at radius 3 is 1.65 bits per heavy atom. The first-order valence-corrected chi connectivity index (χ1v) is 8.41. The number of hydrogen-bond acceptors (Lipinski definition) is 7. The molecule has 0 aliphatic heterocycles. The number of pyridine rings is 1. The largest absolute Gasteiger partial charge is 0.459 e. The highest BCUT2D eigenvalue weighted by Gasteiger charge is 2.18. The summed E-state index contributed by atoms with van der Waals surface area (Å²) in [6.07, 6.45) is 2.98. The summed E-state index contributed by atoms with van der Waals surface area (Å²) in [5.74, 6) is -3.94. The van der Waals surface area contributed by atoms with Gasteiger partial charge in [0.05, 0.1) is 13.2 Å². The zero-order chi connectivity index (χ0) is 19.4. The maximum atomic E-state index is 11.7. The normalized spacial score (nSPS) is 9.92. The molecular formula is C17H23N3O6. The number of rotatable bonds is 8. The minimum absolute atomic E-state index is 0.0274. The second-order valence-corrected chi connectivity index (χ2v) is 5.30. The number of nitrogens with one attached hydrogen (secondary N) is 2. The van der Waals surface area contributed by atoms with Crippen molar-refractivity contribution in [3.8, 4) is 0 Å². The zero-order valence-electron chi connectivity index (χ0n) is 14.9. The first-order valence-electron chi connectivity index (χ1n) is 8.41. The topological polar surface area (TPSA) is 124 Å². The monoisotopic (exact) mass is 365 g/mol. The van der Waals surface area contributed by atoms with Crippen molar-refractivity contribution in [1.82, 2.24) is 4.98 Å². The first-order chi connectivity index (χ1) is 12.5. The van der Waals surface area contributed by atoms with Crippen LogP contribution >= 0.6 is 0 Å². The lowest BCUT2D eigenvalue weighted by Crippen LogP contribution is -2.27. The maximum absolute atomic E-state index is 11.7. The number of hydrogen-bond donors (Lipinski definition) is 2. The van der Waals surface area contributed by atoms with Crippen LogP contribution in [-0.2, 0) is 28.7 Å². The van der Waals surface area contributed by atoms with Gasteiger partial charge in [0.15, 0.2) is 0 Å². The minimum atomic E-state index is -1.02. The van der Waals surface area contributed by atoms with Gasteiger partial charge in [0, 0.05) is 0 Å². The van der Waals surface area contributed by atoms with Crippen LogP contribution < -0.4 is 10.6 Å². The van der Waals surface area contributed by atoms with E-state index in [1.807, 2.05) is 13.8 Å². The van der Waals surface area contributed by atoms with Crippen molar-refractivity contribution in [1.29, 1.82) is 0 Å². The Labute approximate surface area is 151 Å². The second-order valence-electron chi connectivity index (χ2n) is 5.30. The molecule has 1 heterocycles. The molecule has 0 atom stereocenters. The van der Waals surface area contributed by atoms with E-state index in [9.17, 15) is 19.2 Å². The standard InChI is InChI=1S/C17H23N3O6/c1-3-5-10-25-16(23)14(21)19-12-8-7-9-13(18-12)20-15(22)17(24)26-11-6-4-2/h7-9H,3-6,10-11H2,1-2H3,(H2,18,19,20,21,22). The van der Waals surface area contributed by atoms with Crippen LogP contribution in [0.5, 0.6) is 0 Å². The summed E-state index contributed by atoms with van der Waals surface area (Å²) in [4.78, 5) is 50.4. The van der Waals surface area contributed by atoms with Gasteiger partial charge in [0.1, 0.15) is 11.6 Å². The smallest absolute Gasteiger partial charge is 0.397 e. The van der Waals surface area contributed by atoms with Crippen molar-refractivity contribution in [2.45, 2.75) is 39.5 Å². The fourth-order valence-electron chi connectivity index (χ4n) is 1.66. The third kappa shape index (κ3) is 7.73. The first kappa shape index (κ1) is 21.1. The number of ether oxygens (including phenoxy) is 2. The van der Waals surface area contributed by atoms with Crippen molar-refractivity contribution in [2.75, 3.05) is 23.8 Å². The van der Waals surface area contributed by atoms with E-state index in [-0.39, 0.29) is 24.8 Å². The summed E-state index contributed by atoms with van der Waals surface area (Å²) < 4.78 is 9.56. The summed E-state index contributed by atoms with van der Waals surface area (Å²) in [5.41, 5.74) is 0. The molecule has 1 aromatic heterocycles. The lowest BCUT2D eigenvalue weighted by Gasteiger charge is -2.08. The van der Waals surface area contributed by atoms with Crippen LogP contribution in [0.15, 0.2) is 18.2 Å². The van der Waals surface area contributed by atoms with Crippen molar-refractivity contribution in [3.05, 3.63) is 18.2 Å². The van der Waals surface area contributed by atoms with E-state index in [1.54, 1.807) is 0 Å². The molecule has 0 aliphatic rings. The van der Waals surface area contributed by atoms with E-state index < -0.39 is 23.8 Å². The molecule has 1 rings (SSSR count). The van der Waals surface area contributed by atoms with Crippen LogP contribution in [0.3, 0.4) is 0 Å². The predicted molar refractivity (Wildman–Crippen MR) is 93.2 cm³/mol. The number of aromatic nitrogens is 1. The van der Waals surface area contributed by atoms with Gasteiger partial charge in [-0.3, -0.25) is 9.59 Å². The molecule has 0 unspecified atom stereocenters. The number of amides is 2. The van der Waals surface area contributed by atoms with Crippen LogP contribution in [0.25, 0.3) is 0 Å². The van der Waals surface area contributed by atoms with Gasteiger partial charge in [-0.1, -0.05) is 32.8 Å². The number of anilines is 2. The lowest BCUT2D eigenvalue weighted by molar-refractivity contribution is -0.152. The SMILES string of the molecule is CCCCOC(=O)C(=O)Nc1cccc(NC(=O)C(=O)OCCCC)n1. The van der Waals surface area contributed by atoms with Gasteiger partial charge in [-0.15, -0.1) is 0 Å². The Bertz CT molecular complexity index is 596. The van der Waals surface area contributed by atoms with E-state index in [4.69, 9.17) is 9.47 Å². The maximum Gasteiger partial charge on any atom is 0.397 e. The molecule has 2 amide bonds. The second kappa shape index (κ2) is 11.6. The van der Waals surface area contributed by atoms with E-state index in [0.717, 1.165) is 12.8 Å². The fraction of sp³-hybridized carbons (Fsp3) is 0.471. The van der Waals surface area contributed by atoms with Crippen molar-refractivity contribution in [2.24, 2.45) is 0 Å². The van der Waals surface area contributed by atoms with Gasteiger partial charge in [0.2, 0.25) is 0 Å². The molecule has 0 aliphatic carbocycles. The molecule has 0 saturated carbocycles. The van der Waals surface area contributed by atoms with E-state index in [2.05, 4.69) is 15.6 Å². The highest BCUT2D eigenvalue weighted by molar-refractivity contribution is 6.37. The van der Waals surface area contributed by atoms with E-state index in [1.165, 1.54) is 18.2 Å². The van der Waals surface area contributed by atoms with Crippen LogP contribution in [0.4, 0.5) is 11.6 Å². The number of carbonyl (C=O) groups is 4. The Kier molecular flexibility index (Phi) is 9.37. The molecule has 0 spiro atoms. The van der Waals surface area contributed by atoms with Gasteiger partial charge in [0.25, 0.3) is 0 Å². The molecule has 0 radical (unpaired) electrons. The number of nitrogens with zero attached hydrogens (tertiary/aromatic N) is 1. The van der Waals surface area contributed by atoms with Crippen LogP contribution in [0.1, 0.15) is 39.5 Å². The summed E-state index contributed by atoms with van der Waals surface area (Å²) in [5, 5.41) is 4.52. The summed E-state index contributed by atoms with van der Waals surface area (Å²) >= 11 is 0. The van der Waals surface area contributed by atoms with E-state index >= 15 is 0 Å². The fourth-order valence-corrected chi connectivity index (χ4v) is 1.66. The summed E-state index contributed by atoms with van der Waals surface area (Å²) in [7, 11) is 0. The number of unbranched alkanes of at least 4 members (excludes halogenated alkanes) is 2. The van der Waals surface area contributed by atoms with Crippen molar-refractivity contribution >= 4 is 35.4 Å². The van der Waals surface area contributed by atoms with E-state index in [0.29, 0.717) is 12.8 Å². The molecule has 1 aromatic rings. The minimum Gasteiger partial charge on any atom is -0.459 e. The molecule has 0 fully saturated rings. The van der Waals surface area contributed by atoms with Crippen molar-refractivity contribution < 1.29 is 28.7 Å². The number of esters is 2. The van der Waals surface area contributed by atoms with Gasteiger partial charge >= 0.3 is 23.8 Å². The van der Waals surface area contributed by atoms with Crippen LogP contribution in [-0.4, -0.2) is 42.0 Å². The molecule has 9 nitrogen and oxygen atoms in total. The molecule has 0 saturated heterocycles. The quantitative estimate of drug-likeness (QED) is 0.408. The summed E-state index contributed by atoms with van der Waals surface area (Å²) in [6.45, 7) is 4.17. The third-order valence-corrected chi connectivity index (χ3v) is 3.07. The average Bonchev–Trinajstić information content (AvgIpc) is 2.62. The molecular weight excluding hydrogens is 342 g/mol. The molecule has 9 heteroatoms. The van der Waals surface area contributed by atoms with Gasteiger partial charge in [-0.25, -0.2) is 14.6 Å². The number of carbonyl (C=O) groups excluding carboxylic acids is 4. The zero-order valence-corrected chi connectivity index (χ0v) is 14.9. The van der Waals surface area contributed by atoms with Gasteiger partial charge < -0.3 is 20.1 Å². The predicted octanol–water partition coefficient (Wildman–Crippen LogP) is 1.65. The van der Waals surface area contributed by atoms with Gasteiger partial charge in [-0.2, -0.15) is 0 Å². The highest BCUT2D eigenvalue weighted by Crippen LogP contribution is 2.09. The molecule has 142 valence electrons. The van der Waals surface area contributed by atoms with Crippen molar-refractivity contribution in [3.63, 3.8) is 0 Å². The Balaban J connectivity index is 2.56. The molecule has 26 heavy (non-hydrogen) atoms. The Morgan fingerprint density at radius 1 is 0.846 bits per heavy atom. The highest BCUT2D eigenvalue weighted by atomic mass is 16.5. The van der Waals surface area contributed by atoms with Crippen LogP contribution in [0, 0.1) is 0 Å². The summed E-state index contributed by atoms with van der Waals surface area (Å²) in [6, 6.07) is 4.34. The van der Waals surface area contributed by atoms with Gasteiger partial charge in [-0.05, 0) is 25.0 Å². The third-order valence-electron chi connectivity index (χ3n) is 3.07. The average molecular weight is 365 g/mol. The molecule has 0 bridgehead atoms. The molecule has 0 aromatic carbocycles. The lowest BCUT2D eigenvalue weighted by atomic mass is 10.4. The van der Waals surface area contributed by atoms with Crippen LogP contribution in [0.2, 0.25) is 0 Å². The Morgan fingerprint density at radius 2 is 1.27 bits per heavy atom. The molecule has 2 N–H and O–H groups in total. The Hall–Kier alpha value is -2.97.